The predicted molar refractivity (Wildman–Crippen MR) is 123 cm³/mol. The Bertz CT molecular complexity index is 1430. The molecule has 0 aliphatic carbocycles. The molecule has 0 amide bonds. The Morgan fingerprint density at radius 3 is 2.64 bits per heavy atom. The van der Waals surface area contributed by atoms with Gasteiger partial charge in [0.15, 0.2) is 11.6 Å². The van der Waals surface area contributed by atoms with Gasteiger partial charge in [0.2, 0.25) is 10.9 Å². The maximum atomic E-state index is 13.3. The number of rotatable bonds is 6. The molecule has 3 aromatic heterocycles. The van der Waals surface area contributed by atoms with Crippen LogP contribution in [0.1, 0.15) is 17.3 Å². The van der Waals surface area contributed by atoms with Crippen LogP contribution in [0.4, 0.5) is 16.2 Å². The lowest BCUT2D eigenvalue weighted by Crippen LogP contribution is -2.11. The fourth-order valence-electron chi connectivity index (χ4n) is 3.22. The number of nitrogens with one attached hydrogen (secondary N) is 1. The Hall–Kier alpha value is -4.18. The minimum atomic E-state index is -0.548. The summed E-state index contributed by atoms with van der Waals surface area (Å²) in [5.41, 5.74) is 2.55. The SMILES string of the molecule is CCOC(=O)c1cnc(-c2ccccc2)nc1Nc1nc2scc(-c3ccc(F)cc3)n2n1. The van der Waals surface area contributed by atoms with E-state index in [2.05, 4.69) is 25.4 Å². The molecule has 0 atom stereocenters. The number of halogens is 1. The second kappa shape index (κ2) is 8.75. The van der Waals surface area contributed by atoms with E-state index in [1.165, 1.54) is 29.7 Å². The highest BCUT2D eigenvalue weighted by Crippen LogP contribution is 2.28. The molecular formula is C23H17FN6O2S. The summed E-state index contributed by atoms with van der Waals surface area (Å²) in [4.78, 5) is 26.5. The van der Waals surface area contributed by atoms with Gasteiger partial charge < -0.3 is 10.1 Å². The number of thiazole rings is 1. The van der Waals surface area contributed by atoms with Gasteiger partial charge in [0.1, 0.15) is 11.4 Å². The van der Waals surface area contributed by atoms with E-state index >= 15 is 0 Å². The van der Waals surface area contributed by atoms with Crippen molar-refractivity contribution in [2.45, 2.75) is 6.92 Å². The van der Waals surface area contributed by atoms with Crippen LogP contribution in [0.2, 0.25) is 0 Å². The minimum absolute atomic E-state index is 0.174. The minimum Gasteiger partial charge on any atom is -0.462 e. The molecule has 10 heteroatoms. The molecule has 5 aromatic rings. The number of carbonyl (C=O) groups excluding carboxylic acids is 1. The number of benzene rings is 2. The van der Waals surface area contributed by atoms with E-state index in [0.29, 0.717) is 10.8 Å². The Kier molecular flexibility index (Phi) is 5.49. The molecule has 0 aliphatic rings. The number of hydrogen-bond acceptors (Lipinski definition) is 8. The molecule has 0 aliphatic heterocycles. The highest BCUT2D eigenvalue weighted by molar-refractivity contribution is 7.15. The summed E-state index contributed by atoms with van der Waals surface area (Å²) in [5, 5.41) is 9.45. The normalized spacial score (nSPS) is 11.0. The highest BCUT2D eigenvalue weighted by atomic mass is 32.1. The van der Waals surface area contributed by atoms with E-state index in [9.17, 15) is 9.18 Å². The van der Waals surface area contributed by atoms with Crippen molar-refractivity contribution in [2.75, 3.05) is 11.9 Å². The lowest BCUT2D eigenvalue weighted by molar-refractivity contribution is 0.0526. The number of hydrogen-bond donors (Lipinski definition) is 1. The number of nitrogens with zero attached hydrogens (tertiary/aromatic N) is 5. The van der Waals surface area contributed by atoms with Gasteiger partial charge in [-0.25, -0.2) is 23.7 Å². The first-order valence-electron chi connectivity index (χ1n) is 10.1. The zero-order valence-electron chi connectivity index (χ0n) is 17.4. The molecule has 0 radical (unpaired) electrons. The number of anilines is 2. The van der Waals surface area contributed by atoms with Gasteiger partial charge in [0.05, 0.1) is 12.3 Å². The van der Waals surface area contributed by atoms with Crippen molar-refractivity contribution in [3.05, 3.63) is 77.6 Å². The van der Waals surface area contributed by atoms with Gasteiger partial charge in [0, 0.05) is 22.7 Å². The van der Waals surface area contributed by atoms with E-state index < -0.39 is 5.97 Å². The molecule has 5 rings (SSSR count). The number of esters is 1. The fraction of sp³-hybridized carbons (Fsp3) is 0.0870. The quantitative estimate of drug-likeness (QED) is 0.357. The van der Waals surface area contributed by atoms with E-state index in [1.807, 2.05) is 35.7 Å². The Labute approximate surface area is 191 Å². The second-order valence-corrected chi connectivity index (χ2v) is 7.76. The maximum absolute atomic E-state index is 13.3. The first-order chi connectivity index (χ1) is 16.1. The Balaban J connectivity index is 1.53. The molecule has 0 spiro atoms. The third kappa shape index (κ3) is 4.15. The smallest absolute Gasteiger partial charge is 0.343 e. The van der Waals surface area contributed by atoms with Crippen molar-refractivity contribution in [1.82, 2.24) is 24.6 Å². The molecule has 2 aromatic carbocycles. The van der Waals surface area contributed by atoms with Crippen LogP contribution in [0.15, 0.2) is 66.2 Å². The Morgan fingerprint density at radius 1 is 1.09 bits per heavy atom. The van der Waals surface area contributed by atoms with E-state index in [-0.39, 0.29) is 29.8 Å². The van der Waals surface area contributed by atoms with E-state index in [1.54, 1.807) is 23.6 Å². The monoisotopic (exact) mass is 460 g/mol. The Morgan fingerprint density at radius 2 is 1.88 bits per heavy atom. The van der Waals surface area contributed by atoms with Crippen molar-refractivity contribution in [3.63, 3.8) is 0 Å². The first kappa shape index (κ1) is 20.7. The number of aromatic nitrogens is 5. The number of ether oxygens (including phenoxy) is 1. The number of carbonyl (C=O) groups is 1. The van der Waals surface area contributed by atoms with Crippen molar-refractivity contribution in [3.8, 4) is 22.6 Å². The molecule has 1 N–H and O–H groups in total. The van der Waals surface area contributed by atoms with E-state index in [4.69, 9.17) is 4.74 Å². The van der Waals surface area contributed by atoms with Crippen molar-refractivity contribution in [2.24, 2.45) is 0 Å². The van der Waals surface area contributed by atoms with Crippen LogP contribution in [0.5, 0.6) is 0 Å². The van der Waals surface area contributed by atoms with Gasteiger partial charge in [-0.05, 0) is 31.2 Å². The highest BCUT2D eigenvalue weighted by Gasteiger charge is 2.19. The van der Waals surface area contributed by atoms with Gasteiger partial charge in [0.25, 0.3) is 0 Å². The molecule has 3 heterocycles. The fourth-order valence-corrected chi connectivity index (χ4v) is 4.05. The average molecular weight is 460 g/mol. The lowest BCUT2D eigenvalue weighted by Gasteiger charge is -2.10. The van der Waals surface area contributed by atoms with Crippen molar-refractivity contribution >= 4 is 34.0 Å². The lowest BCUT2D eigenvalue weighted by atomic mass is 10.2. The summed E-state index contributed by atoms with van der Waals surface area (Å²) < 4.78 is 20.1. The van der Waals surface area contributed by atoms with Gasteiger partial charge in [-0.15, -0.1) is 16.4 Å². The largest absolute Gasteiger partial charge is 0.462 e. The van der Waals surface area contributed by atoms with Crippen LogP contribution in [-0.2, 0) is 4.74 Å². The summed E-state index contributed by atoms with van der Waals surface area (Å²) in [5.74, 6) is 0.0832. The molecule has 33 heavy (non-hydrogen) atoms. The molecule has 164 valence electrons. The molecule has 8 nitrogen and oxygen atoms in total. The summed E-state index contributed by atoms with van der Waals surface area (Å²) in [6.45, 7) is 1.95. The number of fused-ring (bicyclic) bond motifs is 1. The molecular weight excluding hydrogens is 443 g/mol. The van der Waals surface area contributed by atoms with Crippen LogP contribution in [-0.4, -0.2) is 37.1 Å². The van der Waals surface area contributed by atoms with Gasteiger partial charge in [-0.1, -0.05) is 30.3 Å². The summed E-state index contributed by atoms with van der Waals surface area (Å²) in [6, 6.07) is 15.6. The third-order valence-corrected chi connectivity index (χ3v) is 5.58. The van der Waals surface area contributed by atoms with E-state index in [0.717, 1.165) is 16.8 Å². The molecule has 0 bridgehead atoms. The molecule has 0 saturated heterocycles. The zero-order chi connectivity index (χ0) is 22.8. The molecule has 0 fully saturated rings. The maximum Gasteiger partial charge on any atom is 0.343 e. The predicted octanol–water partition coefficient (Wildman–Crippen LogP) is 4.97. The third-order valence-electron chi connectivity index (χ3n) is 4.77. The summed E-state index contributed by atoms with van der Waals surface area (Å²) >= 11 is 1.39. The van der Waals surface area contributed by atoms with Gasteiger partial charge in [-0.3, -0.25) is 0 Å². The second-order valence-electron chi connectivity index (χ2n) is 6.93. The van der Waals surface area contributed by atoms with Gasteiger partial charge >= 0.3 is 5.97 Å². The van der Waals surface area contributed by atoms with Crippen LogP contribution in [0.3, 0.4) is 0 Å². The summed E-state index contributed by atoms with van der Waals surface area (Å²) in [6.07, 6.45) is 1.43. The van der Waals surface area contributed by atoms with Gasteiger partial charge in [-0.2, -0.15) is 4.98 Å². The molecule has 0 saturated carbocycles. The van der Waals surface area contributed by atoms with Crippen LogP contribution < -0.4 is 5.32 Å². The average Bonchev–Trinajstić information content (AvgIpc) is 3.41. The summed E-state index contributed by atoms with van der Waals surface area (Å²) in [7, 11) is 0. The van der Waals surface area contributed by atoms with Crippen molar-refractivity contribution in [1.29, 1.82) is 0 Å². The standard InChI is InChI=1S/C23H17FN6O2S/c1-2-32-21(31)17-12-25-19(15-6-4-3-5-7-15)26-20(17)27-22-28-23-30(29-22)18(13-33-23)14-8-10-16(24)11-9-14/h3-13H,2H2,1H3,(H,25,26,27,29). The van der Waals surface area contributed by atoms with Crippen LogP contribution in [0, 0.1) is 5.82 Å². The zero-order valence-corrected chi connectivity index (χ0v) is 18.2. The van der Waals surface area contributed by atoms with Crippen molar-refractivity contribution < 1.29 is 13.9 Å². The molecule has 0 unspecified atom stereocenters. The topological polar surface area (TPSA) is 94.3 Å². The van der Waals surface area contributed by atoms with Crippen LogP contribution in [0.25, 0.3) is 27.6 Å². The first-order valence-corrected chi connectivity index (χ1v) is 11.0. The van der Waals surface area contributed by atoms with Crippen LogP contribution >= 0.6 is 11.3 Å².